The molecular weight excluding hydrogens is 272 g/mol. The molecule has 0 fully saturated rings. The van der Waals surface area contributed by atoms with Gasteiger partial charge in [-0.05, 0) is 36.4 Å². The van der Waals surface area contributed by atoms with Gasteiger partial charge < -0.3 is 10.1 Å². The molecule has 0 saturated carbocycles. The zero-order valence-electron chi connectivity index (χ0n) is 10.8. The van der Waals surface area contributed by atoms with Crippen molar-refractivity contribution in [3.8, 4) is 10.9 Å². The third-order valence-electron chi connectivity index (χ3n) is 2.65. The minimum absolute atomic E-state index is 0.0927. The number of nitrogens with zero attached hydrogens (tertiary/aromatic N) is 1. The van der Waals surface area contributed by atoms with Gasteiger partial charge in [0.1, 0.15) is 5.75 Å². The molecule has 0 bridgehead atoms. The Kier molecular flexibility index (Phi) is 3.35. The summed E-state index contributed by atoms with van der Waals surface area (Å²) in [7, 11) is 0. The highest BCUT2D eigenvalue weighted by atomic mass is 32.1. The van der Waals surface area contributed by atoms with Crippen LogP contribution in [0, 0.1) is 0 Å². The largest absolute Gasteiger partial charge is 0.431 e. The maximum absolute atomic E-state index is 10.9. The van der Waals surface area contributed by atoms with Gasteiger partial charge in [0.15, 0.2) is 0 Å². The van der Waals surface area contributed by atoms with Gasteiger partial charge in [0.05, 0.1) is 10.2 Å². The maximum atomic E-state index is 10.9. The molecule has 0 aliphatic rings. The van der Waals surface area contributed by atoms with E-state index in [0.29, 0.717) is 10.9 Å². The molecule has 2 aromatic carbocycles. The van der Waals surface area contributed by atoms with Crippen molar-refractivity contribution in [2.45, 2.75) is 6.92 Å². The van der Waals surface area contributed by atoms with Gasteiger partial charge in [-0.2, -0.15) is 0 Å². The number of rotatable bonds is 3. The summed E-state index contributed by atoms with van der Waals surface area (Å²) in [5, 5.41) is 3.32. The number of para-hydroxylation sites is 1. The number of hydrogen-bond donors (Lipinski definition) is 1. The minimum atomic E-state index is -0.0927. The van der Waals surface area contributed by atoms with Crippen LogP contribution in [0.1, 0.15) is 6.92 Å². The smallest absolute Gasteiger partial charge is 0.279 e. The number of thiazole rings is 1. The van der Waals surface area contributed by atoms with Crippen molar-refractivity contribution in [1.29, 1.82) is 0 Å². The van der Waals surface area contributed by atoms with Crippen molar-refractivity contribution in [3.63, 3.8) is 0 Å². The van der Waals surface area contributed by atoms with Crippen LogP contribution >= 0.6 is 11.3 Å². The number of fused-ring (bicyclic) bond motifs is 1. The van der Waals surface area contributed by atoms with Crippen molar-refractivity contribution >= 4 is 33.1 Å². The molecule has 1 heterocycles. The Hall–Kier alpha value is -2.40. The topological polar surface area (TPSA) is 51.2 Å². The summed E-state index contributed by atoms with van der Waals surface area (Å²) in [5.74, 6) is 0.600. The van der Waals surface area contributed by atoms with Crippen molar-refractivity contribution in [2.24, 2.45) is 0 Å². The van der Waals surface area contributed by atoms with Crippen LogP contribution in [0.25, 0.3) is 10.2 Å². The Morgan fingerprint density at radius 1 is 1.15 bits per heavy atom. The van der Waals surface area contributed by atoms with Crippen molar-refractivity contribution in [3.05, 3.63) is 48.5 Å². The Bertz CT molecular complexity index is 717. The monoisotopic (exact) mass is 284 g/mol. The Balaban J connectivity index is 1.78. The molecule has 1 N–H and O–H groups in total. The first-order chi connectivity index (χ1) is 9.70. The summed E-state index contributed by atoms with van der Waals surface area (Å²) in [4.78, 5) is 15.3. The van der Waals surface area contributed by atoms with Crippen LogP contribution in [0.2, 0.25) is 0 Å². The van der Waals surface area contributed by atoms with Gasteiger partial charge in [0.25, 0.3) is 5.19 Å². The highest BCUT2D eigenvalue weighted by molar-refractivity contribution is 7.20. The molecule has 100 valence electrons. The number of hydrogen-bond acceptors (Lipinski definition) is 4. The van der Waals surface area contributed by atoms with Crippen molar-refractivity contribution in [2.75, 3.05) is 5.32 Å². The van der Waals surface area contributed by atoms with Gasteiger partial charge in [0.2, 0.25) is 5.91 Å². The second-order valence-corrected chi connectivity index (χ2v) is 5.25. The number of aromatic nitrogens is 1. The number of amides is 1. The summed E-state index contributed by atoms with van der Waals surface area (Å²) in [5.41, 5.74) is 1.68. The molecule has 1 aromatic heterocycles. The molecule has 3 rings (SSSR count). The maximum Gasteiger partial charge on any atom is 0.279 e. The van der Waals surface area contributed by atoms with Gasteiger partial charge in [-0.1, -0.05) is 23.5 Å². The van der Waals surface area contributed by atoms with E-state index in [9.17, 15) is 4.79 Å². The lowest BCUT2D eigenvalue weighted by atomic mass is 10.3. The van der Waals surface area contributed by atoms with Crippen molar-refractivity contribution in [1.82, 2.24) is 4.98 Å². The average molecular weight is 284 g/mol. The van der Waals surface area contributed by atoms with Crippen LogP contribution in [-0.2, 0) is 4.79 Å². The highest BCUT2D eigenvalue weighted by Gasteiger charge is 2.05. The van der Waals surface area contributed by atoms with Gasteiger partial charge in [-0.3, -0.25) is 4.79 Å². The minimum Gasteiger partial charge on any atom is -0.431 e. The zero-order chi connectivity index (χ0) is 13.9. The molecule has 4 nitrogen and oxygen atoms in total. The molecule has 0 radical (unpaired) electrons. The molecular formula is C15H12N2O2S. The molecule has 5 heteroatoms. The number of anilines is 1. The van der Waals surface area contributed by atoms with Crippen molar-refractivity contribution < 1.29 is 9.53 Å². The van der Waals surface area contributed by atoms with Gasteiger partial charge >= 0.3 is 0 Å². The van der Waals surface area contributed by atoms with Gasteiger partial charge in [-0.25, -0.2) is 4.98 Å². The number of carbonyl (C=O) groups excluding carboxylic acids is 1. The van der Waals surface area contributed by atoms with E-state index >= 15 is 0 Å². The molecule has 0 unspecified atom stereocenters. The van der Waals surface area contributed by atoms with E-state index in [-0.39, 0.29) is 5.91 Å². The first-order valence-electron chi connectivity index (χ1n) is 6.12. The molecule has 0 aliphatic carbocycles. The lowest BCUT2D eigenvalue weighted by Crippen LogP contribution is -2.05. The Morgan fingerprint density at radius 2 is 1.90 bits per heavy atom. The van der Waals surface area contributed by atoms with Crippen LogP contribution in [0.5, 0.6) is 10.9 Å². The molecule has 1 amide bonds. The van der Waals surface area contributed by atoms with E-state index in [2.05, 4.69) is 10.3 Å². The fourth-order valence-electron chi connectivity index (χ4n) is 1.81. The van der Waals surface area contributed by atoms with Gasteiger partial charge in [-0.15, -0.1) is 0 Å². The molecule has 20 heavy (non-hydrogen) atoms. The average Bonchev–Trinajstić information content (AvgIpc) is 2.82. The number of benzene rings is 2. The van der Waals surface area contributed by atoms with E-state index in [1.54, 1.807) is 24.3 Å². The summed E-state index contributed by atoms with van der Waals surface area (Å²) < 4.78 is 6.81. The van der Waals surface area contributed by atoms with E-state index in [1.165, 1.54) is 18.3 Å². The summed E-state index contributed by atoms with van der Waals surface area (Å²) >= 11 is 1.50. The van der Waals surface area contributed by atoms with E-state index in [0.717, 1.165) is 15.9 Å². The first-order valence-corrected chi connectivity index (χ1v) is 6.93. The standard InChI is InChI=1S/C15H12N2O2S/c1-10(18)16-11-6-8-12(9-7-11)19-15-17-13-4-2-3-5-14(13)20-15/h2-9H,1H3,(H,16,18). The van der Waals surface area contributed by atoms with E-state index in [1.807, 2.05) is 24.3 Å². The third kappa shape index (κ3) is 2.78. The predicted molar refractivity (Wildman–Crippen MR) is 80.4 cm³/mol. The van der Waals surface area contributed by atoms with Crippen LogP contribution in [0.3, 0.4) is 0 Å². The Morgan fingerprint density at radius 3 is 2.60 bits per heavy atom. The summed E-state index contributed by atoms with van der Waals surface area (Å²) in [6.45, 7) is 1.48. The zero-order valence-corrected chi connectivity index (χ0v) is 11.6. The Labute approximate surface area is 120 Å². The lowest BCUT2D eigenvalue weighted by molar-refractivity contribution is -0.114. The first kappa shape index (κ1) is 12.6. The fourth-order valence-corrected chi connectivity index (χ4v) is 2.64. The number of carbonyl (C=O) groups is 1. The quantitative estimate of drug-likeness (QED) is 0.789. The molecule has 3 aromatic rings. The predicted octanol–water partition coefficient (Wildman–Crippen LogP) is 4.05. The third-order valence-corrected chi connectivity index (χ3v) is 3.57. The lowest BCUT2D eigenvalue weighted by Gasteiger charge is -2.04. The summed E-state index contributed by atoms with van der Waals surface area (Å²) in [6.07, 6.45) is 0. The normalized spacial score (nSPS) is 10.4. The summed E-state index contributed by atoms with van der Waals surface area (Å²) in [6, 6.07) is 15.1. The van der Waals surface area contributed by atoms with E-state index in [4.69, 9.17) is 4.74 Å². The van der Waals surface area contributed by atoms with Crippen LogP contribution in [0.15, 0.2) is 48.5 Å². The van der Waals surface area contributed by atoms with Crippen LogP contribution in [0.4, 0.5) is 5.69 Å². The molecule has 0 atom stereocenters. The number of nitrogens with one attached hydrogen (secondary N) is 1. The second kappa shape index (κ2) is 5.30. The SMILES string of the molecule is CC(=O)Nc1ccc(Oc2nc3ccccc3s2)cc1. The van der Waals surface area contributed by atoms with Gasteiger partial charge in [0, 0.05) is 12.6 Å². The molecule has 0 saturated heterocycles. The van der Waals surface area contributed by atoms with E-state index < -0.39 is 0 Å². The molecule has 0 spiro atoms. The second-order valence-electron chi connectivity index (χ2n) is 4.26. The molecule has 0 aliphatic heterocycles. The number of ether oxygens (including phenoxy) is 1. The van der Waals surface area contributed by atoms with Crippen LogP contribution < -0.4 is 10.1 Å². The fraction of sp³-hybridized carbons (Fsp3) is 0.0667. The van der Waals surface area contributed by atoms with Crippen LogP contribution in [-0.4, -0.2) is 10.9 Å². The highest BCUT2D eigenvalue weighted by Crippen LogP contribution is 2.31.